The monoisotopic (exact) mass is 215 g/mol. The average Bonchev–Trinajstić information content (AvgIpc) is 2.74. The Morgan fingerprint density at radius 3 is 2.71 bits per heavy atom. The summed E-state index contributed by atoms with van der Waals surface area (Å²) in [5.74, 6) is 1.46. The number of aliphatic carboxylic acids is 1. The molecule has 1 aliphatic carbocycles. The van der Waals surface area contributed by atoms with E-state index in [-0.39, 0.29) is 10.9 Å². The van der Waals surface area contributed by atoms with Crippen LogP contribution >= 0.6 is 11.8 Å². The third kappa shape index (κ3) is 1.54. The van der Waals surface area contributed by atoms with Crippen molar-refractivity contribution in [1.82, 2.24) is 5.32 Å². The molecule has 3 nitrogen and oxygen atoms in total. The first kappa shape index (κ1) is 10.3. The Hall–Kier alpha value is -0.220. The van der Waals surface area contributed by atoms with Gasteiger partial charge in [-0.05, 0) is 24.7 Å². The van der Waals surface area contributed by atoms with Gasteiger partial charge in [0, 0.05) is 5.75 Å². The van der Waals surface area contributed by atoms with E-state index in [1.54, 1.807) is 0 Å². The number of carboxylic acid groups (broad SMARTS) is 1. The summed E-state index contributed by atoms with van der Waals surface area (Å²) in [5, 5.41) is 12.2. The molecule has 2 fully saturated rings. The van der Waals surface area contributed by atoms with Gasteiger partial charge in [0.05, 0.1) is 4.87 Å². The normalized spacial score (nSPS) is 46.6. The fraction of sp³-hybridized carbons (Fsp3) is 0.900. The van der Waals surface area contributed by atoms with Crippen molar-refractivity contribution in [2.75, 3.05) is 5.75 Å². The molecule has 0 spiro atoms. The van der Waals surface area contributed by atoms with E-state index in [0.29, 0.717) is 11.7 Å². The van der Waals surface area contributed by atoms with Crippen LogP contribution in [0.4, 0.5) is 0 Å². The Kier molecular flexibility index (Phi) is 2.52. The zero-order chi connectivity index (χ0) is 10.3. The van der Waals surface area contributed by atoms with Crippen molar-refractivity contribution in [3.63, 3.8) is 0 Å². The van der Waals surface area contributed by atoms with E-state index in [4.69, 9.17) is 5.11 Å². The van der Waals surface area contributed by atoms with Gasteiger partial charge < -0.3 is 5.11 Å². The van der Waals surface area contributed by atoms with E-state index in [1.807, 2.05) is 11.8 Å². The lowest BCUT2D eigenvalue weighted by Crippen LogP contribution is -2.46. The molecule has 0 amide bonds. The molecule has 0 aromatic heterocycles. The van der Waals surface area contributed by atoms with Gasteiger partial charge in [-0.1, -0.05) is 13.8 Å². The van der Waals surface area contributed by atoms with Crippen LogP contribution in [0, 0.1) is 11.8 Å². The van der Waals surface area contributed by atoms with Crippen LogP contribution < -0.4 is 5.32 Å². The maximum atomic E-state index is 10.9. The van der Waals surface area contributed by atoms with Gasteiger partial charge in [-0.25, -0.2) is 0 Å². The van der Waals surface area contributed by atoms with Gasteiger partial charge in [0.2, 0.25) is 0 Å². The Balaban J connectivity index is 2.05. The number of hydrogen-bond acceptors (Lipinski definition) is 3. The second-order valence-corrected chi connectivity index (χ2v) is 5.76. The van der Waals surface area contributed by atoms with Crippen molar-refractivity contribution in [2.45, 2.75) is 37.6 Å². The van der Waals surface area contributed by atoms with Crippen molar-refractivity contribution < 1.29 is 9.90 Å². The first-order valence-corrected chi connectivity index (χ1v) is 6.22. The number of thioether (sulfide) groups is 1. The van der Waals surface area contributed by atoms with Crippen LogP contribution in [0.25, 0.3) is 0 Å². The van der Waals surface area contributed by atoms with Gasteiger partial charge >= 0.3 is 5.97 Å². The van der Waals surface area contributed by atoms with Crippen molar-refractivity contribution in [3.8, 4) is 0 Å². The lowest BCUT2D eigenvalue weighted by Gasteiger charge is -2.28. The fourth-order valence-electron chi connectivity index (χ4n) is 2.40. The third-order valence-corrected chi connectivity index (χ3v) is 5.18. The highest BCUT2D eigenvalue weighted by atomic mass is 32.2. The molecule has 2 N–H and O–H groups in total. The Labute approximate surface area is 88.6 Å². The molecule has 0 radical (unpaired) electrons. The lowest BCUT2D eigenvalue weighted by molar-refractivity contribution is -0.138. The molecular formula is C10H17NO2S. The van der Waals surface area contributed by atoms with Crippen LogP contribution in [0.5, 0.6) is 0 Å². The van der Waals surface area contributed by atoms with Crippen LogP contribution in [-0.2, 0) is 4.79 Å². The summed E-state index contributed by atoms with van der Waals surface area (Å²) in [5.41, 5.74) is 0. The van der Waals surface area contributed by atoms with Crippen LogP contribution in [0.2, 0.25) is 0 Å². The van der Waals surface area contributed by atoms with Crippen molar-refractivity contribution >= 4 is 17.7 Å². The molecule has 3 unspecified atom stereocenters. The molecule has 14 heavy (non-hydrogen) atoms. The summed E-state index contributed by atoms with van der Waals surface area (Å²) in [4.78, 5) is 10.9. The Morgan fingerprint density at radius 1 is 1.71 bits per heavy atom. The van der Waals surface area contributed by atoms with Gasteiger partial charge in [-0.2, -0.15) is 0 Å². The highest BCUT2D eigenvalue weighted by Gasteiger charge is 2.54. The van der Waals surface area contributed by atoms with Crippen molar-refractivity contribution in [2.24, 2.45) is 11.8 Å². The average molecular weight is 215 g/mol. The Morgan fingerprint density at radius 2 is 2.36 bits per heavy atom. The van der Waals surface area contributed by atoms with Gasteiger partial charge in [-0.15, -0.1) is 11.8 Å². The zero-order valence-electron chi connectivity index (χ0n) is 8.62. The zero-order valence-corrected chi connectivity index (χ0v) is 9.43. The predicted molar refractivity (Wildman–Crippen MR) is 57.3 cm³/mol. The number of nitrogens with one attached hydrogen (secondary N) is 1. The summed E-state index contributed by atoms with van der Waals surface area (Å²) in [7, 11) is 0. The first-order chi connectivity index (χ1) is 6.59. The number of carbonyl (C=O) groups is 1. The van der Waals surface area contributed by atoms with Gasteiger partial charge in [0.1, 0.15) is 6.04 Å². The smallest absolute Gasteiger partial charge is 0.321 e. The molecule has 80 valence electrons. The van der Waals surface area contributed by atoms with E-state index in [1.165, 1.54) is 6.42 Å². The Bertz CT molecular complexity index is 259. The molecule has 1 saturated heterocycles. The van der Waals surface area contributed by atoms with Crippen LogP contribution in [-0.4, -0.2) is 27.7 Å². The highest BCUT2D eigenvalue weighted by Crippen LogP contribution is 2.54. The molecule has 0 aromatic carbocycles. The number of carboxylic acids is 1. The molecule has 2 aliphatic rings. The molecule has 1 saturated carbocycles. The maximum Gasteiger partial charge on any atom is 0.321 e. The minimum Gasteiger partial charge on any atom is -0.480 e. The first-order valence-electron chi connectivity index (χ1n) is 5.23. The maximum absolute atomic E-state index is 10.9. The van der Waals surface area contributed by atoms with Crippen molar-refractivity contribution in [3.05, 3.63) is 0 Å². The van der Waals surface area contributed by atoms with Gasteiger partial charge in [-0.3, -0.25) is 10.1 Å². The largest absolute Gasteiger partial charge is 0.480 e. The van der Waals surface area contributed by atoms with Crippen molar-refractivity contribution in [1.29, 1.82) is 0 Å². The van der Waals surface area contributed by atoms with Crippen LogP contribution in [0.3, 0.4) is 0 Å². The third-order valence-electron chi connectivity index (χ3n) is 3.46. The summed E-state index contributed by atoms with van der Waals surface area (Å²) < 4.78 is 0. The quantitative estimate of drug-likeness (QED) is 0.749. The molecule has 0 bridgehead atoms. The fourth-order valence-corrected chi connectivity index (χ4v) is 4.06. The van der Waals surface area contributed by atoms with Crippen LogP contribution in [0.1, 0.15) is 26.7 Å². The van der Waals surface area contributed by atoms with E-state index >= 15 is 0 Å². The SMILES string of the molecule is CCC1(C2CC2C)N[C@H](C(=O)O)CS1. The molecule has 4 atom stereocenters. The number of hydrogen-bond donors (Lipinski definition) is 2. The highest BCUT2D eigenvalue weighted by molar-refractivity contribution is 8.01. The molecule has 0 aromatic rings. The van der Waals surface area contributed by atoms with Gasteiger partial charge in [0.25, 0.3) is 0 Å². The molecular weight excluding hydrogens is 198 g/mol. The second kappa shape index (κ2) is 3.42. The summed E-state index contributed by atoms with van der Waals surface area (Å²) >= 11 is 1.81. The van der Waals surface area contributed by atoms with Crippen LogP contribution in [0.15, 0.2) is 0 Å². The lowest BCUT2D eigenvalue weighted by atomic mass is 10.1. The predicted octanol–water partition coefficient (Wildman–Crippen LogP) is 1.54. The molecule has 1 heterocycles. The summed E-state index contributed by atoms with van der Waals surface area (Å²) in [6.07, 6.45) is 2.27. The second-order valence-electron chi connectivity index (χ2n) is 4.41. The molecule has 4 heteroatoms. The molecule has 1 aliphatic heterocycles. The van der Waals surface area contributed by atoms with E-state index in [9.17, 15) is 4.79 Å². The summed E-state index contributed by atoms with van der Waals surface area (Å²) in [6.45, 7) is 4.40. The summed E-state index contributed by atoms with van der Waals surface area (Å²) in [6, 6.07) is -0.340. The van der Waals surface area contributed by atoms with E-state index in [0.717, 1.165) is 12.3 Å². The number of rotatable bonds is 3. The topological polar surface area (TPSA) is 49.3 Å². The minimum absolute atomic E-state index is 0.0580. The van der Waals surface area contributed by atoms with E-state index in [2.05, 4.69) is 19.2 Å². The minimum atomic E-state index is -0.707. The standard InChI is InChI=1S/C10H17NO2S/c1-3-10(7-4-6(7)2)11-8(5-14-10)9(12)13/h6-8,11H,3-5H2,1-2H3,(H,12,13)/t6?,7?,8-,10?/m0/s1. The molecule has 2 rings (SSSR count). The van der Waals surface area contributed by atoms with Gasteiger partial charge in [0.15, 0.2) is 0 Å². The van der Waals surface area contributed by atoms with E-state index < -0.39 is 5.97 Å².